The van der Waals surface area contributed by atoms with Crippen LogP contribution in [0.3, 0.4) is 0 Å². The summed E-state index contributed by atoms with van der Waals surface area (Å²) in [6.45, 7) is 5.73. The van der Waals surface area contributed by atoms with Gasteiger partial charge in [0.25, 0.3) is 0 Å². The van der Waals surface area contributed by atoms with Crippen LogP contribution in [0.2, 0.25) is 0 Å². The molecule has 1 unspecified atom stereocenters. The van der Waals surface area contributed by atoms with E-state index in [2.05, 4.69) is 5.32 Å². The van der Waals surface area contributed by atoms with E-state index >= 15 is 0 Å². The van der Waals surface area contributed by atoms with Gasteiger partial charge in [-0.3, -0.25) is 4.79 Å². The van der Waals surface area contributed by atoms with E-state index in [0.717, 1.165) is 10.4 Å². The molecule has 0 saturated carbocycles. The SMILES string of the molecule is COC(=O)c1c(NC(=O)C(C)CN)sc(C)c1C. The maximum absolute atomic E-state index is 11.8. The van der Waals surface area contributed by atoms with Crippen LogP contribution in [0.25, 0.3) is 0 Å². The van der Waals surface area contributed by atoms with Gasteiger partial charge in [0.2, 0.25) is 5.91 Å². The van der Waals surface area contributed by atoms with Crippen molar-refractivity contribution in [2.24, 2.45) is 11.7 Å². The van der Waals surface area contributed by atoms with E-state index < -0.39 is 5.97 Å². The second-order valence-electron chi connectivity index (χ2n) is 4.10. The summed E-state index contributed by atoms with van der Waals surface area (Å²) in [6, 6.07) is 0. The lowest BCUT2D eigenvalue weighted by atomic mass is 10.1. The molecule has 5 nitrogen and oxygen atoms in total. The van der Waals surface area contributed by atoms with Crippen LogP contribution in [0.5, 0.6) is 0 Å². The number of amides is 1. The fourth-order valence-electron chi connectivity index (χ4n) is 1.41. The predicted octanol–water partition coefficient (Wildman–Crippen LogP) is 1.68. The van der Waals surface area contributed by atoms with Gasteiger partial charge in [0.05, 0.1) is 12.7 Å². The van der Waals surface area contributed by atoms with Crippen molar-refractivity contribution in [2.45, 2.75) is 20.8 Å². The molecule has 1 heterocycles. The first-order valence-corrected chi connectivity index (χ1v) is 6.43. The van der Waals surface area contributed by atoms with Crippen LogP contribution in [-0.2, 0) is 9.53 Å². The minimum absolute atomic E-state index is 0.191. The number of hydrogen-bond acceptors (Lipinski definition) is 5. The highest BCUT2D eigenvalue weighted by Gasteiger charge is 2.22. The number of carbonyl (C=O) groups excluding carboxylic acids is 2. The van der Waals surface area contributed by atoms with Crippen LogP contribution in [0.4, 0.5) is 5.00 Å². The van der Waals surface area contributed by atoms with Crippen molar-refractivity contribution in [3.8, 4) is 0 Å². The van der Waals surface area contributed by atoms with Gasteiger partial charge in [-0.25, -0.2) is 4.79 Å². The summed E-state index contributed by atoms with van der Waals surface area (Å²) >= 11 is 1.37. The molecule has 1 aromatic heterocycles. The number of rotatable bonds is 4. The summed E-state index contributed by atoms with van der Waals surface area (Å²) in [6.07, 6.45) is 0. The topological polar surface area (TPSA) is 81.4 Å². The third kappa shape index (κ3) is 2.88. The number of aryl methyl sites for hydroxylation is 1. The van der Waals surface area contributed by atoms with E-state index in [1.54, 1.807) is 6.92 Å². The average Bonchev–Trinajstić information content (AvgIpc) is 2.63. The van der Waals surface area contributed by atoms with Crippen LogP contribution in [-0.4, -0.2) is 25.5 Å². The zero-order chi connectivity index (χ0) is 13.9. The molecule has 0 saturated heterocycles. The van der Waals surface area contributed by atoms with Crippen LogP contribution < -0.4 is 11.1 Å². The Morgan fingerprint density at radius 2 is 2.06 bits per heavy atom. The van der Waals surface area contributed by atoms with Crippen molar-refractivity contribution in [2.75, 3.05) is 19.0 Å². The van der Waals surface area contributed by atoms with Crippen LogP contribution >= 0.6 is 11.3 Å². The number of esters is 1. The smallest absolute Gasteiger partial charge is 0.341 e. The Labute approximate surface area is 110 Å². The van der Waals surface area contributed by atoms with Gasteiger partial charge in [0.15, 0.2) is 0 Å². The molecule has 0 spiro atoms. The normalized spacial score (nSPS) is 12.1. The Morgan fingerprint density at radius 3 is 2.56 bits per heavy atom. The number of carbonyl (C=O) groups is 2. The summed E-state index contributed by atoms with van der Waals surface area (Å²) in [5.74, 6) is -0.922. The highest BCUT2D eigenvalue weighted by Crippen LogP contribution is 2.33. The number of hydrogen-bond donors (Lipinski definition) is 2. The van der Waals surface area contributed by atoms with Crippen molar-refractivity contribution >= 4 is 28.2 Å². The first kappa shape index (κ1) is 14.7. The monoisotopic (exact) mass is 270 g/mol. The first-order chi connectivity index (χ1) is 8.42. The average molecular weight is 270 g/mol. The standard InChI is InChI=1S/C12H18N2O3S/c1-6(5-13)10(15)14-11-9(12(16)17-4)7(2)8(3)18-11/h6H,5,13H2,1-4H3,(H,14,15). The van der Waals surface area contributed by atoms with Crippen molar-refractivity contribution in [1.82, 2.24) is 0 Å². The van der Waals surface area contributed by atoms with Gasteiger partial charge in [0, 0.05) is 17.3 Å². The van der Waals surface area contributed by atoms with Gasteiger partial charge >= 0.3 is 5.97 Å². The lowest BCUT2D eigenvalue weighted by molar-refractivity contribution is -0.119. The van der Waals surface area contributed by atoms with Crippen LogP contribution in [0.1, 0.15) is 27.7 Å². The van der Waals surface area contributed by atoms with Crippen molar-refractivity contribution in [3.05, 3.63) is 16.0 Å². The quantitative estimate of drug-likeness (QED) is 0.816. The molecule has 0 bridgehead atoms. The number of methoxy groups -OCH3 is 1. The van der Waals surface area contributed by atoms with E-state index in [1.807, 2.05) is 13.8 Å². The number of anilines is 1. The Hall–Kier alpha value is -1.40. The maximum Gasteiger partial charge on any atom is 0.341 e. The lowest BCUT2D eigenvalue weighted by Crippen LogP contribution is -2.27. The molecule has 1 aromatic rings. The molecule has 0 aliphatic carbocycles. The Morgan fingerprint density at radius 1 is 1.44 bits per heavy atom. The van der Waals surface area contributed by atoms with Gasteiger partial charge in [-0.15, -0.1) is 11.3 Å². The van der Waals surface area contributed by atoms with Gasteiger partial charge in [-0.2, -0.15) is 0 Å². The second-order valence-corrected chi connectivity index (χ2v) is 5.33. The second kappa shape index (κ2) is 5.97. The van der Waals surface area contributed by atoms with E-state index in [-0.39, 0.29) is 18.4 Å². The summed E-state index contributed by atoms with van der Waals surface area (Å²) in [4.78, 5) is 24.5. The third-order valence-electron chi connectivity index (χ3n) is 2.81. The molecule has 0 aromatic carbocycles. The van der Waals surface area contributed by atoms with Gasteiger partial charge in [-0.1, -0.05) is 6.92 Å². The molecular weight excluding hydrogens is 252 g/mol. The van der Waals surface area contributed by atoms with Crippen LogP contribution in [0, 0.1) is 19.8 Å². The predicted molar refractivity (Wildman–Crippen MR) is 72.0 cm³/mol. The molecule has 0 aliphatic heterocycles. The van der Waals surface area contributed by atoms with Gasteiger partial charge in [-0.05, 0) is 19.4 Å². The molecule has 0 radical (unpaired) electrons. The first-order valence-electron chi connectivity index (χ1n) is 5.61. The number of thiophene rings is 1. The molecule has 0 aliphatic rings. The summed E-state index contributed by atoms with van der Waals surface area (Å²) in [5, 5.41) is 3.27. The molecule has 0 fully saturated rings. The molecule has 18 heavy (non-hydrogen) atoms. The molecule has 3 N–H and O–H groups in total. The largest absolute Gasteiger partial charge is 0.465 e. The highest BCUT2D eigenvalue weighted by molar-refractivity contribution is 7.16. The van der Waals surface area contributed by atoms with Gasteiger partial charge < -0.3 is 15.8 Å². The molecule has 1 atom stereocenters. The molecule has 1 rings (SSSR count). The minimum atomic E-state index is -0.437. The summed E-state index contributed by atoms with van der Waals surface area (Å²) in [7, 11) is 1.32. The third-order valence-corrected chi connectivity index (χ3v) is 3.94. The van der Waals surface area contributed by atoms with Crippen molar-refractivity contribution < 1.29 is 14.3 Å². The number of ether oxygens (including phenoxy) is 1. The van der Waals surface area contributed by atoms with E-state index in [0.29, 0.717) is 10.6 Å². The molecular formula is C12H18N2O3S. The van der Waals surface area contributed by atoms with Crippen molar-refractivity contribution in [1.29, 1.82) is 0 Å². The molecule has 1 amide bonds. The van der Waals surface area contributed by atoms with Crippen LogP contribution in [0.15, 0.2) is 0 Å². The van der Waals surface area contributed by atoms with E-state index in [1.165, 1.54) is 18.4 Å². The molecule has 6 heteroatoms. The maximum atomic E-state index is 11.8. The highest BCUT2D eigenvalue weighted by atomic mass is 32.1. The summed E-state index contributed by atoms with van der Waals surface area (Å²) in [5.41, 5.74) is 6.70. The lowest BCUT2D eigenvalue weighted by Gasteiger charge is -2.09. The fraction of sp³-hybridized carbons (Fsp3) is 0.500. The van der Waals surface area contributed by atoms with Gasteiger partial charge in [0.1, 0.15) is 5.00 Å². The summed E-state index contributed by atoms with van der Waals surface area (Å²) < 4.78 is 4.73. The van der Waals surface area contributed by atoms with E-state index in [4.69, 9.17) is 10.5 Å². The Balaban J connectivity index is 3.06. The Kier molecular flexibility index (Phi) is 4.86. The number of nitrogens with two attached hydrogens (primary N) is 1. The zero-order valence-electron chi connectivity index (χ0n) is 11.0. The molecule has 100 valence electrons. The zero-order valence-corrected chi connectivity index (χ0v) is 11.8. The fourth-order valence-corrected chi connectivity index (χ4v) is 2.46. The van der Waals surface area contributed by atoms with Crippen molar-refractivity contribution in [3.63, 3.8) is 0 Å². The minimum Gasteiger partial charge on any atom is -0.465 e. The Bertz CT molecular complexity index is 468. The number of nitrogens with one attached hydrogen (secondary N) is 1. The van der Waals surface area contributed by atoms with E-state index in [9.17, 15) is 9.59 Å².